The summed E-state index contributed by atoms with van der Waals surface area (Å²) in [6.07, 6.45) is 0.326. The van der Waals surface area contributed by atoms with Crippen LogP contribution in [0.15, 0.2) is 18.2 Å². The molecule has 0 aliphatic rings. The summed E-state index contributed by atoms with van der Waals surface area (Å²) in [5.41, 5.74) is 1.08. The first-order valence-electron chi connectivity index (χ1n) is 6.38. The minimum Gasteiger partial charge on any atom is -0.492 e. The lowest BCUT2D eigenvalue weighted by Gasteiger charge is -2.15. The van der Waals surface area contributed by atoms with Crippen molar-refractivity contribution in [2.45, 2.75) is 13.3 Å². The molecule has 1 aromatic carbocycles. The third-order valence-corrected chi connectivity index (χ3v) is 2.77. The lowest BCUT2D eigenvalue weighted by atomic mass is 10.1. The van der Waals surface area contributed by atoms with Gasteiger partial charge in [0, 0.05) is 26.1 Å². The molecule has 0 fully saturated rings. The molecular formula is C14H20N2O3S. The fraction of sp³-hybridized carbons (Fsp3) is 0.429. The Labute approximate surface area is 124 Å². The van der Waals surface area contributed by atoms with Crippen molar-refractivity contribution in [3.8, 4) is 5.75 Å². The number of hydrogen-bond acceptors (Lipinski definition) is 4. The zero-order valence-electron chi connectivity index (χ0n) is 12.0. The highest BCUT2D eigenvalue weighted by Crippen LogP contribution is 2.26. The van der Waals surface area contributed by atoms with Crippen LogP contribution in [0.4, 0.5) is 5.69 Å². The smallest absolute Gasteiger partial charge is 0.253 e. The molecule has 0 aliphatic heterocycles. The van der Waals surface area contributed by atoms with Gasteiger partial charge in [0.1, 0.15) is 5.75 Å². The van der Waals surface area contributed by atoms with Crippen molar-refractivity contribution in [2.24, 2.45) is 0 Å². The molecule has 6 heteroatoms. The Kier molecular flexibility index (Phi) is 6.38. The second-order valence-corrected chi connectivity index (χ2v) is 4.81. The molecule has 1 aromatic rings. The SMILES string of the molecule is CCOc1cc(C(=O)N(C)C)ccc1NC(=O)CCS. The summed E-state index contributed by atoms with van der Waals surface area (Å²) in [5, 5.41) is 2.75. The Bertz CT molecular complexity index is 489. The average Bonchev–Trinajstić information content (AvgIpc) is 2.40. The lowest BCUT2D eigenvalue weighted by molar-refractivity contribution is -0.115. The van der Waals surface area contributed by atoms with Crippen LogP contribution in [-0.2, 0) is 4.79 Å². The second kappa shape index (κ2) is 7.79. The van der Waals surface area contributed by atoms with Crippen LogP contribution in [0.1, 0.15) is 23.7 Å². The highest BCUT2D eigenvalue weighted by Gasteiger charge is 2.13. The van der Waals surface area contributed by atoms with E-state index in [1.165, 1.54) is 4.90 Å². The van der Waals surface area contributed by atoms with Gasteiger partial charge in [-0.15, -0.1) is 0 Å². The quantitative estimate of drug-likeness (QED) is 0.790. The van der Waals surface area contributed by atoms with E-state index in [-0.39, 0.29) is 11.8 Å². The molecule has 20 heavy (non-hydrogen) atoms. The Hall–Kier alpha value is -1.69. The van der Waals surface area contributed by atoms with Gasteiger partial charge < -0.3 is 15.0 Å². The zero-order valence-corrected chi connectivity index (χ0v) is 12.9. The molecule has 0 heterocycles. The summed E-state index contributed by atoms with van der Waals surface area (Å²) in [4.78, 5) is 25.0. The fourth-order valence-electron chi connectivity index (χ4n) is 1.61. The van der Waals surface area contributed by atoms with E-state index in [0.29, 0.717) is 35.8 Å². The maximum Gasteiger partial charge on any atom is 0.253 e. The van der Waals surface area contributed by atoms with Gasteiger partial charge in [0.15, 0.2) is 0 Å². The predicted octanol–water partition coefficient (Wildman–Crippen LogP) is 2.05. The van der Waals surface area contributed by atoms with Crippen LogP contribution in [0.25, 0.3) is 0 Å². The maximum absolute atomic E-state index is 11.9. The molecule has 5 nitrogen and oxygen atoms in total. The van der Waals surface area contributed by atoms with Gasteiger partial charge >= 0.3 is 0 Å². The predicted molar refractivity (Wildman–Crippen MR) is 82.7 cm³/mol. The van der Waals surface area contributed by atoms with Crippen molar-refractivity contribution < 1.29 is 14.3 Å². The Morgan fingerprint density at radius 3 is 2.60 bits per heavy atom. The summed E-state index contributed by atoms with van der Waals surface area (Å²) in [7, 11) is 3.37. The molecular weight excluding hydrogens is 276 g/mol. The van der Waals surface area contributed by atoms with E-state index in [4.69, 9.17) is 4.74 Å². The molecule has 0 unspecified atom stereocenters. The number of anilines is 1. The van der Waals surface area contributed by atoms with Crippen LogP contribution in [0, 0.1) is 0 Å². The molecule has 0 aliphatic carbocycles. The summed E-state index contributed by atoms with van der Waals surface area (Å²) in [6, 6.07) is 4.99. The zero-order chi connectivity index (χ0) is 15.1. The number of rotatable bonds is 6. The van der Waals surface area contributed by atoms with Crippen molar-refractivity contribution in [1.82, 2.24) is 4.90 Å². The lowest BCUT2D eigenvalue weighted by Crippen LogP contribution is -2.22. The van der Waals surface area contributed by atoms with Gasteiger partial charge in [-0.05, 0) is 30.9 Å². The molecule has 0 atom stereocenters. The van der Waals surface area contributed by atoms with Crippen molar-refractivity contribution in [3.63, 3.8) is 0 Å². The van der Waals surface area contributed by atoms with Gasteiger partial charge in [0.2, 0.25) is 5.91 Å². The highest BCUT2D eigenvalue weighted by molar-refractivity contribution is 7.80. The van der Waals surface area contributed by atoms with E-state index in [1.54, 1.807) is 32.3 Å². The highest BCUT2D eigenvalue weighted by atomic mass is 32.1. The minimum atomic E-state index is -0.132. The van der Waals surface area contributed by atoms with Crippen molar-refractivity contribution in [2.75, 3.05) is 31.8 Å². The Morgan fingerprint density at radius 1 is 1.35 bits per heavy atom. The van der Waals surface area contributed by atoms with E-state index in [2.05, 4.69) is 17.9 Å². The minimum absolute atomic E-state index is 0.112. The van der Waals surface area contributed by atoms with E-state index >= 15 is 0 Å². The number of thiol groups is 1. The first kappa shape index (κ1) is 16.4. The van der Waals surface area contributed by atoms with E-state index in [1.807, 2.05) is 6.92 Å². The number of hydrogen-bond donors (Lipinski definition) is 2. The van der Waals surface area contributed by atoms with Crippen molar-refractivity contribution in [3.05, 3.63) is 23.8 Å². The molecule has 0 saturated carbocycles. The van der Waals surface area contributed by atoms with Crippen LogP contribution in [0.3, 0.4) is 0 Å². The third-order valence-electron chi connectivity index (χ3n) is 2.55. The molecule has 0 spiro atoms. The number of amides is 2. The topological polar surface area (TPSA) is 58.6 Å². The van der Waals surface area contributed by atoms with Crippen LogP contribution < -0.4 is 10.1 Å². The number of ether oxygens (including phenoxy) is 1. The molecule has 0 aromatic heterocycles. The standard InChI is InChI=1S/C14H20N2O3S/c1-4-19-12-9-10(14(18)16(2)3)5-6-11(12)15-13(17)7-8-20/h5-6,9,20H,4,7-8H2,1-3H3,(H,15,17). The average molecular weight is 296 g/mol. The van der Waals surface area contributed by atoms with Crippen molar-refractivity contribution >= 4 is 30.1 Å². The van der Waals surface area contributed by atoms with Gasteiger partial charge in [-0.25, -0.2) is 0 Å². The van der Waals surface area contributed by atoms with Crippen LogP contribution >= 0.6 is 12.6 Å². The van der Waals surface area contributed by atoms with Crippen LogP contribution in [0.5, 0.6) is 5.75 Å². The molecule has 110 valence electrons. The van der Waals surface area contributed by atoms with Gasteiger partial charge in [-0.1, -0.05) is 0 Å². The van der Waals surface area contributed by atoms with Crippen LogP contribution in [-0.4, -0.2) is 43.2 Å². The molecule has 0 bridgehead atoms. The van der Waals surface area contributed by atoms with Gasteiger partial charge in [-0.2, -0.15) is 12.6 Å². The van der Waals surface area contributed by atoms with E-state index in [9.17, 15) is 9.59 Å². The maximum atomic E-state index is 11.9. The number of nitrogens with zero attached hydrogens (tertiary/aromatic N) is 1. The summed E-state index contributed by atoms with van der Waals surface area (Å²) in [6.45, 7) is 2.30. The normalized spacial score (nSPS) is 10.0. The number of nitrogens with one attached hydrogen (secondary N) is 1. The van der Waals surface area contributed by atoms with E-state index < -0.39 is 0 Å². The Balaban J connectivity index is 3.01. The summed E-state index contributed by atoms with van der Waals surface area (Å²) < 4.78 is 5.48. The fourth-order valence-corrected chi connectivity index (χ4v) is 1.81. The third kappa shape index (κ3) is 4.45. The molecule has 0 radical (unpaired) electrons. The van der Waals surface area contributed by atoms with Gasteiger partial charge in [0.05, 0.1) is 12.3 Å². The second-order valence-electron chi connectivity index (χ2n) is 4.37. The summed E-state index contributed by atoms with van der Waals surface area (Å²) in [5.74, 6) is 0.729. The molecule has 1 N–H and O–H groups in total. The first-order valence-corrected chi connectivity index (χ1v) is 7.02. The van der Waals surface area contributed by atoms with Gasteiger partial charge in [-0.3, -0.25) is 9.59 Å². The largest absolute Gasteiger partial charge is 0.492 e. The first-order chi connectivity index (χ1) is 9.49. The number of carbonyl (C=O) groups is 2. The molecule has 0 saturated heterocycles. The summed E-state index contributed by atoms with van der Waals surface area (Å²) >= 11 is 4.02. The molecule has 1 rings (SSSR count). The number of carbonyl (C=O) groups excluding carboxylic acids is 2. The molecule has 2 amide bonds. The van der Waals surface area contributed by atoms with Crippen LogP contribution in [0.2, 0.25) is 0 Å². The monoisotopic (exact) mass is 296 g/mol. The van der Waals surface area contributed by atoms with E-state index in [0.717, 1.165) is 0 Å². The van der Waals surface area contributed by atoms with Gasteiger partial charge in [0.25, 0.3) is 5.91 Å². The Morgan fingerprint density at radius 2 is 2.05 bits per heavy atom. The number of benzene rings is 1. The van der Waals surface area contributed by atoms with Crippen molar-refractivity contribution in [1.29, 1.82) is 0 Å².